The van der Waals surface area contributed by atoms with Gasteiger partial charge in [0.25, 0.3) is 0 Å². The molecule has 2 heteroatoms. The van der Waals surface area contributed by atoms with Gasteiger partial charge in [0.1, 0.15) is 0 Å². The van der Waals surface area contributed by atoms with Crippen LogP contribution in [0.2, 0.25) is 0 Å². The van der Waals surface area contributed by atoms with Gasteiger partial charge in [0.05, 0.1) is 0 Å². The standard InChI is InChI=1S/C11H23NO/c1-3-10(4-2)7-12-6-5-11(8-12)9-13/h10-11,13H,3-9H2,1-2H3/t11-/m1/s1. The molecule has 1 rings (SSSR count). The fourth-order valence-electron chi connectivity index (χ4n) is 2.14. The van der Waals surface area contributed by atoms with Crippen LogP contribution in [0.5, 0.6) is 0 Å². The maximum Gasteiger partial charge on any atom is 0.0471 e. The number of aliphatic hydroxyl groups excluding tert-OH is 1. The topological polar surface area (TPSA) is 23.5 Å². The van der Waals surface area contributed by atoms with Gasteiger partial charge < -0.3 is 10.0 Å². The van der Waals surface area contributed by atoms with E-state index in [-0.39, 0.29) is 0 Å². The molecule has 0 amide bonds. The highest BCUT2D eigenvalue weighted by Crippen LogP contribution is 2.18. The Bertz CT molecular complexity index is 134. The van der Waals surface area contributed by atoms with E-state index in [2.05, 4.69) is 18.7 Å². The van der Waals surface area contributed by atoms with E-state index >= 15 is 0 Å². The normalized spacial score (nSPS) is 24.5. The second-order valence-corrected chi connectivity index (χ2v) is 4.28. The van der Waals surface area contributed by atoms with E-state index in [1.165, 1.54) is 32.4 Å². The lowest BCUT2D eigenvalue weighted by molar-refractivity contribution is 0.210. The first-order chi connectivity index (χ1) is 6.30. The molecule has 0 saturated carbocycles. The highest BCUT2D eigenvalue weighted by atomic mass is 16.3. The Hall–Kier alpha value is -0.0800. The Kier molecular flexibility index (Phi) is 4.74. The number of rotatable bonds is 5. The number of hydrogen-bond donors (Lipinski definition) is 1. The van der Waals surface area contributed by atoms with Crippen LogP contribution in [0.4, 0.5) is 0 Å². The van der Waals surface area contributed by atoms with Gasteiger partial charge in [0.15, 0.2) is 0 Å². The SMILES string of the molecule is CCC(CC)CN1CC[C@@H](CO)C1. The lowest BCUT2D eigenvalue weighted by atomic mass is 10.0. The van der Waals surface area contributed by atoms with Crippen LogP contribution in [0.25, 0.3) is 0 Å². The van der Waals surface area contributed by atoms with Crippen molar-refractivity contribution >= 4 is 0 Å². The highest BCUT2D eigenvalue weighted by Gasteiger charge is 2.22. The molecule has 0 aromatic heterocycles. The molecule has 0 aromatic carbocycles. The van der Waals surface area contributed by atoms with Gasteiger partial charge in [-0.3, -0.25) is 0 Å². The lowest BCUT2D eigenvalue weighted by Gasteiger charge is -2.21. The molecule has 1 aliphatic rings. The van der Waals surface area contributed by atoms with Gasteiger partial charge in [-0.15, -0.1) is 0 Å². The summed E-state index contributed by atoms with van der Waals surface area (Å²) >= 11 is 0. The maximum absolute atomic E-state index is 9.01. The van der Waals surface area contributed by atoms with Gasteiger partial charge >= 0.3 is 0 Å². The summed E-state index contributed by atoms with van der Waals surface area (Å²) in [5, 5.41) is 9.01. The van der Waals surface area contributed by atoms with Crippen molar-refractivity contribution in [2.24, 2.45) is 11.8 Å². The second-order valence-electron chi connectivity index (χ2n) is 4.28. The molecule has 0 radical (unpaired) electrons. The summed E-state index contributed by atoms with van der Waals surface area (Å²) in [5.41, 5.74) is 0. The zero-order valence-corrected chi connectivity index (χ0v) is 9.00. The smallest absolute Gasteiger partial charge is 0.0471 e. The molecule has 0 bridgehead atoms. The Morgan fingerprint density at radius 1 is 1.38 bits per heavy atom. The zero-order valence-electron chi connectivity index (χ0n) is 9.00. The molecule has 0 aromatic rings. The van der Waals surface area contributed by atoms with Gasteiger partial charge in [-0.2, -0.15) is 0 Å². The third-order valence-corrected chi connectivity index (χ3v) is 3.30. The van der Waals surface area contributed by atoms with E-state index in [9.17, 15) is 0 Å². The van der Waals surface area contributed by atoms with E-state index in [1.54, 1.807) is 0 Å². The summed E-state index contributed by atoms with van der Waals surface area (Å²) in [7, 11) is 0. The minimum absolute atomic E-state index is 0.374. The van der Waals surface area contributed by atoms with Crippen LogP contribution >= 0.6 is 0 Å². The molecule has 2 nitrogen and oxygen atoms in total. The first-order valence-corrected chi connectivity index (χ1v) is 5.63. The lowest BCUT2D eigenvalue weighted by Crippen LogP contribution is -2.27. The number of likely N-dealkylation sites (tertiary alicyclic amines) is 1. The first-order valence-electron chi connectivity index (χ1n) is 5.63. The van der Waals surface area contributed by atoms with Gasteiger partial charge in [0, 0.05) is 19.7 Å². The van der Waals surface area contributed by atoms with Crippen LogP contribution in [-0.2, 0) is 0 Å². The van der Waals surface area contributed by atoms with Crippen molar-refractivity contribution in [2.45, 2.75) is 33.1 Å². The molecule has 0 aliphatic carbocycles. The molecule has 0 spiro atoms. The number of hydrogen-bond acceptors (Lipinski definition) is 2. The molecule has 78 valence electrons. The number of nitrogens with zero attached hydrogens (tertiary/aromatic N) is 1. The van der Waals surface area contributed by atoms with Crippen molar-refractivity contribution in [1.29, 1.82) is 0 Å². The Balaban J connectivity index is 2.22. The Morgan fingerprint density at radius 2 is 2.08 bits per heavy atom. The van der Waals surface area contributed by atoms with Crippen molar-refractivity contribution in [3.8, 4) is 0 Å². The molecule has 0 unspecified atom stereocenters. The van der Waals surface area contributed by atoms with Crippen molar-refractivity contribution in [1.82, 2.24) is 4.90 Å². The quantitative estimate of drug-likeness (QED) is 0.705. The van der Waals surface area contributed by atoms with Crippen LogP contribution in [0.1, 0.15) is 33.1 Å². The van der Waals surface area contributed by atoms with Gasteiger partial charge in [-0.05, 0) is 24.8 Å². The summed E-state index contributed by atoms with van der Waals surface area (Å²) in [6.07, 6.45) is 3.77. The minimum Gasteiger partial charge on any atom is -0.396 e. The predicted octanol–water partition coefficient (Wildman–Crippen LogP) is 1.74. The van der Waals surface area contributed by atoms with E-state index in [0.29, 0.717) is 12.5 Å². The molecule has 1 N–H and O–H groups in total. The van der Waals surface area contributed by atoms with Crippen molar-refractivity contribution in [3.63, 3.8) is 0 Å². The van der Waals surface area contributed by atoms with E-state index in [4.69, 9.17) is 5.11 Å². The van der Waals surface area contributed by atoms with E-state index in [0.717, 1.165) is 12.5 Å². The molecular weight excluding hydrogens is 162 g/mol. The Morgan fingerprint density at radius 3 is 2.54 bits per heavy atom. The number of aliphatic hydroxyl groups is 1. The fraction of sp³-hybridized carbons (Fsp3) is 1.00. The average molecular weight is 185 g/mol. The molecular formula is C11H23NO. The summed E-state index contributed by atoms with van der Waals surface area (Å²) in [6, 6.07) is 0. The first kappa shape index (κ1) is 11.0. The van der Waals surface area contributed by atoms with Crippen LogP contribution < -0.4 is 0 Å². The second kappa shape index (κ2) is 5.61. The average Bonchev–Trinajstić information content (AvgIpc) is 2.61. The summed E-state index contributed by atoms with van der Waals surface area (Å²) in [4.78, 5) is 2.51. The largest absolute Gasteiger partial charge is 0.396 e. The van der Waals surface area contributed by atoms with Crippen LogP contribution in [0.15, 0.2) is 0 Å². The molecule has 1 atom stereocenters. The minimum atomic E-state index is 0.374. The van der Waals surface area contributed by atoms with E-state index in [1.807, 2.05) is 0 Å². The Labute approximate surface area is 81.9 Å². The molecule has 13 heavy (non-hydrogen) atoms. The third-order valence-electron chi connectivity index (χ3n) is 3.30. The summed E-state index contributed by atoms with van der Waals surface area (Å²) in [6.45, 7) is 8.47. The fourth-order valence-corrected chi connectivity index (χ4v) is 2.14. The highest BCUT2D eigenvalue weighted by molar-refractivity contribution is 4.76. The van der Waals surface area contributed by atoms with Crippen molar-refractivity contribution in [2.75, 3.05) is 26.2 Å². The molecule has 1 saturated heterocycles. The third kappa shape index (κ3) is 3.28. The van der Waals surface area contributed by atoms with Gasteiger partial charge in [-0.25, -0.2) is 0 Å². The van der Waals surface area contributed by atoms with Gasteiger partial charge in [-0.1, -0.05) is 26.7 Å². The molecule has 1 aliphatic heterocycles. The summed E-state index contributed by atoms with van der Waals surface area (Å²) in [5.74, 6) is 1.41. The van der Waals surface area contributed by atoms with E-state index < -0.39 is 0 Å². The molecule has 1 heterocycles. The van der Waals surface area contributed by atoms with Crippen LogP contribution in [0.3, 0.4) is 0 Å². The van der Waals surface area contributed by atoms with Crippen molar-refractivity contribution in [3.05, 3.63) is 0 Å². The zero-order chi connectivity index (χ0) is 9.68. The van der Waals surface area contributed by atoms with Gasteiger partial charge in [0.2, 0.25) is 0 Å². The van der Waals surface area contributed by atoms with Crippen LogP contribution in [0, 0.1) is 11.8 Å². The predicted molar refractivity (Wildman–Crippen MR) is 55.7 cm³/mol. The molecule has 1 fully saturated rings. The monoisotopic (exact) mass is 185 g/mol. The summed E-state index contributed by atoms with van der Waals surface area (Å²) < 4.78 is 0. The van der Waals surface area contributed by atoms with Crippen LogP contribution in [-0.4, -0.2) is 36.2 Å². The van der Waals surface area contributed by atoms with Crippen molar-refractivity contribution < 1.29 is 5.11 Å². The maximum atomic E-state index is 9.01.